The highest BCUT2D eigenvalue weighted by Crippen LogP contribution is 2.03. The first-order chi connectivity index (χ1) is 4.13. The molecule has 9 heavy (non-hydrogen) atoms. The van der Waals surface area contributed by atoms with Crippen LogP contribution in [0.3, 0.4) is 0 Å². The Labute approximate surface area is 60.2 Å². The molecule has 0 aliphatic rings. The molecule has 2 nitrogen and oxygen atoms in total. The summed E-state index contributed by atoms with van der Waals surface area (Å²) < 4.78 is 0. The summed E-state index contributed by atoms with van der Waals surface area (Å²) in [5.74, 6) is 0.854. The number of hydrogen-bond acceptors (Lipinski definition) is 3. The second-order valence-corrected chi connectivity index (χ2v) is 3.38. The number of carbonyl (C=O) groups is 1. The number of rotatable bonds is 3. The van der Waals surface area contributed by atoms with E-state index >= 15 is 0 Å². The number of hydrogen-bond donors (Lipinski definition) is 1. The van der Waals surface area contributed by atoms with E-state index < -0.39 is 0 Å². The van der Waals surface area contributed by atoms with Crippen LogP contribution < -0.4 is 5.73 Å². The van der Waals surface area contributed by atoms with Crippen LogP contribution in [0.25, 0.3) is 0 Å². The van der Waals surface area contributed by atoms with Crippen molar-refractivity contribution in [3.05, 3.63) is 0 Å². The van der Waals surface area contributed by atoms with Gasteiger partial charge >= 0.3 is 0 Å². The predicted octanol–water partition coefficient (Wildman–Crippen LogP) is 1.00. The van der Waals surface area contributed by atoms with Gasteiger partial charge < -0.3 is 5.73 Å². The van der Waals surface area contributed by atoms with Gasteiger partial charge in [-0.1, -0.05) is 11.8 Å². The minimum atomic E-state index is 0.177. The smallest absolute Gasteiger partial charge is 0.185 e. The predicted molar refractivity (Wildman–Crippen MR) is 41.4 cm³/mol. The molecule has 0 saturated heterocycles. The molecule has 0 bridgehead atoms. The van der Waals surface area contributed by atoms with Crippen molar-refractivity contribution in [3.8, 4) is 0 Å². The summed E-state index contributed by atoms with van der Waals surface area (Å²) in [4.78, 5) is 10.3. The number of thioether (sulfide) groups is 1. The maximum Gasteiger partial charge on any atom is 0.185 e. The van der Waals surface area contributed by atoms with E-state index in [1.165, 1.54) is 11.8 Å². The Morgan fingerprint density at radius 2 is 2.33 bits per heavy atom. The average molecular weight is 147 g/mol. The molecule has 0 aromatic carbocycles. The largest absolute Gasteiger partial charge is 0.328 e. The van der Waals surface area contributed by atoms with Crippen molar-refractivity contribution >= 4 is 16.9 Å². The van der Waals surface area contributed by atoms with E-state index in [1.54, 1.807) is 6.92 Å². The monoisotopic (exact) mass is 147 g/mol. The van der Waals surface area contributed by atoms with Crippen molar-refractivity contribution in [2.45, 2.75) is 26.3 Å². The van der Waals surface area contributed by atoms with Crippen LogP contribution in [0.2, 0.25) is 0 Å². The van der Waals surface area contributed by atoms with E-state index in [2.05, 4.69) is 0 Å². The molecular weight excluding hydrogens is 134 g/mol. The Bertz CT molecular complexity index is 93.1. The zero-order valence-electron chi connectivity index (χ0n) is 5.89. The normalized spacial score (nSPS) is 13.2. The summed E-state index contributed by atoms with van der Waals surface area (Å²) in [6, 6.07) is 0.219. The van der Waals surface area contributed by atoms with Gasteiger partial charge in [-0.25, -0.2) is 0 Å². The van der Waals surface area contributed by atoms with Gasteiger partial charge in [-0.05, 0) is 13.3 Å². The molecule has 0 aliphatic heterocycles. The first kappa shape index (κ1) is 8.98. The standard InChI is InChI=1S/C6H13NOS/c1-5(7)3-4-9-6(2)8/h5H,3-4,7H2,1-2H3. The molecule has 2 N–H and O–H groups in total. The minimum Gasteiger partial charge on any atom is -0.328 e. The molecule has 0 rings (SSSR count). The summed E-state index contributed by atoms with van der Waals surface area (Å²) in [5.41, 5.74) is 5.45. The Kier molecular flexibility index (Phi) is 4.81. The minimum absolute atomic E-state index is 0.177. The van der Waals surface area contributed by atoms with E-state index in [1.807, 2.05) is 6.92 Å². The highest BCUT2D eigenvalue weighted by Gasteiger charge is 1.96. The molecule has 0 aliphatic carbocycles. The molecule has 1 unspecified atom stereocenters. The quantitative estimate of drug-likeness (QED) is 0.647. The first-order valence-electron chi connectivity index (χ1n) is 3.02. The van der Waals surface area contributed by atoms with Gasteiger partial charge in [-0.15, -0.1) is 0 Å². The van der Waals surface area contributed by atoms with Gasteiger partial charge in [0.1, 0.15) is 0 Å². The summed E-state index contributed by atoms with van der Waals surface area (Å²) in [7, 11) is 0. The van der Waals surface area contributed by atoms with Gasteiger partial charge in [0.15, 0.2) is 5.12 Å². The van der Waals surface area contributed by atoms with Crippen LogP contribution in [0.15, 0.2) is 0 Å². The molecule has 0 aromatic rings. The molecular formula is C6H13NOS. The molecule has 0 heterocycles. The van der Waals surface area contributed by atoms with Crippen LogP contribution in [0.5, 0.6) is 0 Å². The van der Waals surface area contributed by atoms with E-state index in [-0.39, 0.29) is 11.2 Å². The molecule has 1 atom stereocenters. The van der Waals surface area contributed by atoms with Crippen LogP contribution >= 0.6 is 11.8 Å². The van der Waals surface area contributed by atoms with Crippen molar-refractivity contribution in [1.82, 2.24) is 0 Å². The molecule has 0 saturated carbocycles. The number of carbonyl (C=O) groups excluding carboxylic acids is 1. The van der Waals surface area contributed by atoms with Crippen molar-refractivity contribution in [1.29, 1.82) is 0 Å². The van der Waals surface area contributed by atoms with Crippen molar-refractivity contribution in [2.24, 2.45) is 5.73 Å². The molecule has 3 heteroatoms. The fourth-order valence-corrected chi connectivity index (χ4v) is 1.17. The first-order valence-corrected chi connectivity index (χ1v) is 4.00. The zero-order chi connectivity index (χ0) is 7.28. The van der Waals surface area contributed by atoms with Crippen molar-refractivity contribution in [2.75, 3.05) is 5.75 Å². The van der Waals surface area contributed by atoms with Gasteiger partial charge in [0.2, 0.25) is 0 Å². The third kappa shape index (κ3) is 7.98. The molecule has 54 valence electrons. The third-order valence-corrected chi connectivity index (χ3v) is 1.72. The second-order valence-electron chi connectivity index (χ2n) is 2.11. The molecule has 0 radical (unpaired) electrons. The lowest BCUT2D eigenvalue weighted by Gasteiger charge is -2.00. The molecule has 0 fully saturated rings. The summed E-state index contributed by atoms with van der Waals surface area (Å²) in [6.07, 6.45) is 0.921. The Balaban J connectivity index is 3.01. The van der Waals surface area contributed by atoms with Crippen LogP contribution in [0.1, 0.15) is 20.3 Å². The van der Waals surface area contributed by atoms with Crippen LogP contribution in [-0.4, -0.2) is 16.9 Å². The van der Waals surface area contributed by atoms with Crippen LogP contribution in [0.4, 0.5) is 0 Å². The highest BCUT2D eigenvalue weighted by atomic mass is 32.2. The number of nitrogens with two attached hydrogens (primary N) is 1. The second kappa shape index (κ2) is 4.82. The van der Waals surface area contributed by atoms with Gasteiger partial charge in [0, 0.05) is 18.7 Å². The topological polar surface area (TPSA) is 43.1 Å². The van der Waals surface area contributed by atoms with E-state index in [0.29, 0.717) is 0 Å². The van der Waals surface area contributed by atoms with Crippen molar-refractivity contribution in [3.63, 3.8) is 0 Å². The van der Waals surface area contributed by atoms with E-state index in [4.69, 9.17) is 5.73 Å². The van der Waals surface area contributed by atoms with Gasteiger partial charge in [-0.2, -0.15) is 0 Å². The SMILES string of the molecule is CC(=O)SCCC(C)N. The fourth-order valence-electron chi connectivity index (χ4n) is 0.389. The van der Waals surface area contributed by atoms with Gasteiger partial charge in [0.25, 0.3) is 0 Å². The van der Waals surface area contributed by atoms with Crippen molar-refractivity contribution < 1.29 is 4.79 Å². The van der Waals surface area contributed by atoms with Crippen LogP contribution in [-0.2, 0) is 4.79 Å². The Morgan fingerprint density at radius 3 is 2.67 bits per heavy atom. The molecule has 0 amide bonds. The highest BCUT2D eigenvalue weighted by molar-refractivity contribution is 8.13. The lowest BCUT2D eigenvalue weighted by Crippen LogP contribution is -2.15. The average Bonchev–Trinajstić information content (AvgIpc) is 1.63. The summed E-state index contributed by atoms with van der Waals surface area (Å²) in [5, 5.41) is 0.177. The summed E-state index contributed by atoms with van der Waals surface area (Å²) in [6.45, 7) is 3.52. The molecule has 0 spiro atoms. The van der Waals surface area contributed by atoms with Crippen LogP contribution in [0, 0.1) is 0 Å². The maximum absolute atomic E-state index is 10.3. The Hall–Kier alpha value is -0.0200. The van der Waals surface area contributed by atoms with Gasteiger partial charge in [-0.3, -0.25) is 4.79 Å². The fraction of sp³-hybridized carbons (Fsp3) is 0.833. The lowest BCUT2D eigenvalue weighted by molar-refractivity contribution is -0.109. The lowest BCUT2D eigenvalue weighted by atomic mass is 10.3. The third-order valence-electron chi connectivity index (χ3n) is 0.879. The maximum atomic E-state index is 10.3. The Morgan fingerprint density at radius 1 is 1.78 bits per heavy atom. The zero-order valence-corrected chi connectivity index (χ0v) is 6.70. The summed E-state index contributed by atoms with van der Waals surface area (Å²) >= 11 is 1.34. The van der Waals surface area contributed by atoms with Gasteiger partial charge in [0.05, 0.1) is 0 Å². The van der Waals surface area contributed by atoms with E-state index in [0.717, 1.165) is 12.2 Å². The van der Waals surface area contributed by atoms with E-state index in [9.17, 15) is 4.79 Å². The molecule has 0 aromatic heterocycles.